The lowest BCUT2D eigenvalue weighted by Gasteiger charge is -2.29. The van der Waals surface area contributed by atoms with Crippen LogP contribution >= 0.6 is 11.3 Å². The Morgan fingerprint density at radius 3 is 2.73 bits per heavy atom. The van der Waals surface area contributed by atoms with Crippen LogP contribution < -0.4 is 21.7 Å². The van der Waals surface area contributed by atoms with Gasteiger partial charge in [-0.3, -0.25) is 24.6 Å². The van der Waals surface area contributed by atoms with Crippen molar-refractivity contribution in [1.29, 1.82) is 5.41 Å². The van der Waals surface area contributed by atoms with Crippen molar-refractivity contribution >= 4 is 51.0 Å². The van der Waals surface area contributed by atoms with E-state index in [1.54, 1.807) is 6.20 Å². The van der Waals surface area contributed by atoms with Gasteiger partial charge in [0.15, 0.2) is 11.0 Å². The minimum absolute atomic E-state index is 0.179. The maximum atomic E-state index is 13.5. The summed E-state index contributed by atoms with van der Waals surface area (Å²) in [6.07, 6.45) is 5.06. The highest BCUT2D eigenvalue weighted by Crippen LogP contribution is 2.24. The number of thiazole rings is 1. The fourth-order valence-corrected chi connectivity index (χ4v) is 5.72. The van der Waals surface area contributed by atoms with E-state index in [1.165, 1.54) is 29.5 Å². The van der Waals surface area contributed by atoms with Crippen LogP contribution in [0.3, 0.4) is 0 Å². The average molecular weight is 568 g/mol. The Kier molecular flexibility index (Phi) is 9.43. The topological polar surface area (TPSA) is 199 Å². The smallest absolute Gasteiger partial charge is 0.246 e. The highest BCUT2D eigenvalue weighted by molar-refractivity contribution is 7.20. The largest absolute Gasteiger partial charge is 0.370 e. The number of carbonyl (C=O) groups excluding carboxylic acids is 4. The third-order valence-electron chi connectivity index (χ3n) is 6.62. The summed E-state index contributed by atoms with van der Waals surface area (Å²) in [7, 11) is 0. The molecule has 7 N–H and O–H groups in total. The van der Waals surface area contributed by atoms with Crippen molar-refractivity contribution in [2.45, 2.75) is 57.2 Å². The zero-order chi connectivity index (χ0) is 28.6. The second kappa shape index (κ2) is 13.2. The summed E-state index contributed by atoms with van der Waals surface area (Å²) in [5.74, 6) is -1.67. The first-order chi connectivity index (χ1) is 19.2. The quantitative estimate of drug-likeness (QED) is 0.0794. The molecule has 4 rings (SSSR count). The fraction of sp³-hybridized carbons (Fsp3) is 0.423. The standard InChI is InChI=1S/C26H33N9O4S/c1-15(36)32-19(12-16-13-29-14-31-16)25(39)35-11-5-8-20(35)23(38)33-18(7-4-10-30-26(27)28)22(37)24-34-17-6-2-3-9-21(17)40-24/h2-3,6,9,13-14,18-20H,4-5,7-8,10-12H2,1H3,(H,29,31)(H,32,36)(H,33,38)(H4,27,28,30)/t18?,19-,20+/m1/s1. The number of carbonyl (C=O) groups is 4. The van der Waals surface area contributed by atoms with Crippen molar-refractivity contribution < 1.29 is 19.2 Å². The van der Waals surface area contributed by atoms with Gasteiger partial charge in [-0.05, 0) is 37.8 Å². The lowest BCUT2D eigenvalue weighted by Crippen LogP contribution is -2.55. The Morgan fingerprint density at radius 1 is 1.23 bits per heavy atom. The predicted molar refractivity (Wildman–Crippen MR) is 150 cm³/mol. The summed E-state index contributed by atoms with van der Waals surface area (Å²) in [6.45, 7) is 2.05. The van der Waals surface area contributed by atoms with Gasteiger partial charge < -0.3 is 31.6 Å². The predicted octanol–water partition coefficient (Wildman–Crippen LogP) is 0.689. The number of amides is 3. The molecule has 13 nitrogen and oxygen atoms in total. The number of hydrogen-bond donors (Lipinski definition) is 6. The third-order valence-corrected chi connectivity index (χ3v) is 7.67. The second-order valence-corrected chi connectivity index (χ2v) is 10.6. The monoisotopic (exact) mass is 567 g/mol. The number of aromatic nitrogens is 3. The molecular weight excluding hydrogens is 534 g/mol. The first-order valence-corrected chi connectivity index (χ1v) is 13.9. The second-order valence-electron chi connectivity index (χ2n) is 9.62. The summed E-state index contributed by atoms with van der Waals surface area (Å²) >= 11 is 1.26. The Bertz CT molecular complexity index is 1340. The van der Waals surface area contributed by atoms with Crippen molar-refractivity contribution in [3.63, 3.8) is 0 Å². The molecular formula is C26H33N9O4S. The summed E-state index contributed by atoms with van der Waals surface area (Å²) < 4.78 is 0.864. The molecule has 40 heavy (non-hydrogen) atoms. The van der Waals surface area contributed by atoms with Crippen LogP contribution in [0.5, 0.6) is 0 Å². The van der Waals surface area contributed by atoms with Gasteiger partial charge >= 0.3 is 0 Å². The molecule has 1 aromatic carbocycles. The van der Waals surface area contributed by atoms with E-state index in [4.69, 9.17) is 11.1 Å². The highest BCUT2D eigenvalue weighted by Gasteiger charge is 2.39. The maximum absolute atomic E-state index is 13.5. The van der Waals surface area contributed by atoms with Gasteiger partial charge in [0.25, 0.3) is 0 Å². The lowest BCUT2D eigenvalue weighted by molar-refractivity contribution is -0.141. The zero-order valence-electron chi connectivity index (χ0n) is 22.1. The van der Waals surface area contributed by atoms with Gasteiger partial charge in [0.2, 0.25) is 23.5 Å². The van der Waals surface area contributed by atoms with Crippen molar-refractivity contribution in [3.05, 3.63) is 47.5 Å². The molecule has 1 fully saturated rings. The first-order valence-electron chi connectivity index (χ1n) is 13.1. The SMILES string of the molecule is CC(=O)N[C@H](Cc1cnc[nH]1)C(=O)N1CCC[C@H]1C(=O)NC(CCCNC(=N)N)C(=O)c1nc2ccccc2s1. The van der Waals surface area contributed by atoms with Crippen LogP contribution in [0.15, 0.2) is 36.8 Å². The molecule has 0 radical (unpaired) electrons. The third kappa shape index (κ3) is 7.20. The number of H-pyrrole nitrogens is 1. The average Bonchev–Trinajstić information content (AvgIpc) is 3.69. The lowest BCUT2D eigenvalue weighted by atomic mass is 10.0. The molecule has 3 heterocycles. The molecule has 0 bridgehead atoms. The van der Waals surface area contributed by atoms with E-state index >= 15 is 0 Å². The Balaban J connectivity index is 1.49. The number of guanidine groups is 1. The molecule has 3 atom stereocenters. The van der Waals surface area contributed by atoms with Gasteiger partial charge in [0, 0.05) is 38.3 Å². The Morgan fingerprint density at radius 2 is 2.02 bits per heavy atom. The van der Waals surface area contributed by atoms with Gasteiger partial charge in [-0.2, -0.15) is 0 Å². The molecule has 2 aromatic heterocycles. The molecule has 1 aliphatic rings. The van der Waals surface area contributed by atoms with Gasteiger partial charge in [0.1, 0.15) is 12.1 Å². The van der Waals surface area contributed by atoms with Crippen LogP contribution in [0.25, 0.3) is 10.2 Å². The van der Waals surface area contributed by atoms with E-state index in [0.717, 1.165) is 4.70 Å². The number of fused-ring (bicyclic) bond motifs is 1. The molecule has 1 unspecified atom stereocenters. The Labute approximate surface area is 234 Å². The van der Waals surface area contributed by atoms with E-state index < -0.39 is 24.0 Å². The van der Waals surface area contributed by atoms with Gasteiger partial charge in [-0.15, -0.1) is 11.3 Å². The van der Waals surface area contributed by atoms with Crippen molar-refractivity contribution in [2.75, 3.05) is 13.1 Å². The number of aromatic amines is 1. The molecule has 212 valence electrons. The van der Waals surface area contributed by atoms with E-state index in [9.17, 15) is 19.2 Å². The summed E-state index contributed by atoms with van der Waals surface area (Å²) in [5.41, 5.74) is 6.74. The number of hydrogen-bond acceptors (Lipinski definition) is 8. The van der Waals surface area contributed by atoms with Crippen LogP contribution in [0, 0.1) is 5.41 Å². The van der Waals surface area contributed by atoms with Crippen molar-refractivity contribution in [1.82, 2.24) is 35.8 Å². The maximum Gasteiger partial charge on any atom is 0.246 e. The van der Waals surface area contributed by atoms with Crippen LogP contribution in [-0.4, -0.2) is 80.5 Å². The number of nitrogens with zero attached hydrogens (tertiary/aromatic N) is 3. The number of likely N-dealkylation sites (tertiary alicyclic amines) is 1. The number of rotatable bonds is 12. The number of imidazole rings is 1. The molecule has 14 heteroatoms. The minimum Gasteiger partial charge on any atom is -0.370 e. The van der Waals surface area contributed by atoms with E-state index in [2.05, 4.69) is 30.9 Å². The molecule has 3 amide bonds. The molecule has 0 saturated carbocycles. The van der Waals surface area contributed by atoms with Gasteiger partial charge in [-0.1, -0.05) is 12.1 Å². The summed E-state index contributed by atoms with van der Waals surface area (Å²) in [4.78, 5) is 65.3. The fourth-order valence-electron chi connectivity index (χ4n) is 4.76. The number of Topliss-reactive ketones (excluding diaryl/α,β-unsaturated/α-hetero) is 1. The first kappa shape index (κ1) is 28.7. The summed E-state index contributed by atoms with van der Waals surface area (Å²) in [6, 6.07) is 4.88. The molecule has 0 spiro atoms. The Hall–Kier alpha value is -4.33. The van der Waals surface area contributed by atoms with Crippen LogP contribution in [0.2, 0.25) is 0 Å². The van der Waals surface area contributed by atoms with Gasteiger partial charge in [0.05, 0.1) is 22.6 Å². The highest BCUT2D eigenvalue weighted by atomic mass is 32.1. The normalized spacial score (nSPS) is 16.3. The van der Waals surface area contributed by atoms with Crippen LogP contribution in [0.4, 0.5) is 0 Å². The summed E-state index contributed by atoms with van der Waals surface area (Å²) in [5, 5.41) is 15.9. The molecule has 3 aromatic rings. The van der Waals surface area contributed by atoms with Crippen molar-refractivity contribution in [2.24, 2.45) is 5.73 Å². The molecule has 1 aliphatic heterocycles. The molecule has 0 aliphatic carbocycles. The van der Waals surface area contributed by atoms with Gasteiger partial charge in [-0.25, -0.2) is 9.97 Å². The molecule has 1 saturated heterocycles. The van der Waals surface area contributed by atoms with E-state index in [1.807, 2.05) is 24.3 Å². The number of ketones is 1. The zero-order valence-corrected chi connectivity index (χ0v) is 22.9. The minimum atomic E-state index is -0.879. The number of nitrogens with one attached hydrogen (secondary N) is 5. The van der Waals surface area contributed by atoms with Crippen molar-refractivity contribution in [3.8, 4) is 0 Å². The van der Waals surface area contributed by atoms with E-state index in [0.29, 0.717) is 43.6 Å². The number of benzene rings is 1. The number of para-hydroxylation sites is 1. The number of nitrogens with two attached hydrogens (primary N) is 1. The van der Waals surface area contributed by atoms with Crippen LogP contribution in [-0.2, 0) is 20.8 Å². The van der Waals surface area contributed by atoms with Crippen LogP contribution in [0.1, 0.15) is 48.1 Å². The van der Waals surface area contributed by atoms with E-state index in [-0.39, 0.29) is 41.4 Å².